The molecule has 11 heteroatoms. The topological polar surface area (TPSA) is 201 Å². The number of hydrogen-bond donors (Lipinski definition) is 9. The molecule has 9 atom stereocenters. The Balaban J connectivity index is 0.000000224. The minimum atomic E-state index is -1.57. The summed E-state index contributed by atoms with van der Waals surface area (Å²) < 4.78 is 9.04. The molecule has 132 valence electrons. The van der Waals surface area contributed by atoms with Crippen molar-refractivity contribution in [3.8, 4) is 0 Å². The summed E-state index contributed by atoms with van der Waals surface area (Å²) in [5.74, 6) is 0. The Kier molecular flexibility index (Phi) is 7.51. The first-order chi connectivity index (χ1) is 10.2. The van der Waals surface area contributed by atoms with Crippen LogP contribution in [0.25, 0.3) is 0 Å². The summed E-state index contributed by atoms with van der Waals surface area (Å²) >= 11 is 0. The SMILES string of the molecule is OC1OC[C@@H](O)[C@H](O)[C@H]1O.OC[C@H]1O[C@H](O)[C@H](O)[C@@H](O)[C@H]1O. The third kappa shape index (κ3) is 4.53. The molecule has 2 rings (SSSR count). The summed E-state index contributed by atoms with van der Waals surface area (Å²) in [4.78, 5) is 0. The van der Waals surface area contributed by atoms with Crippen molar-refractivity contribution in [1.29, 1.82) is 0 Å². The summed E-state index contributed by atoms with van der Waals surface area (Å²) in [6.45, 7) is -0.679. The zero-order valence-electron chi connectivity index (χ0n) is 11.5. The normalized spacial score (nSPS) is 49.2. The molecule has 2 aliphatic heterocycles. The molecule has 0 aromatic rings. The third-order valence-corrected chi connectivity index (χ3v) is 3.34. The Labute approximate surface area is 125 Å². The number of rotatable bonds is 1. The van der Waals surface area contributed by atoms with Crippen LogP contribution in [-0.4, -0.2) is 114 Å². The summed E-state index contributed by atoms with van der Waals surface area (Å²) in [7, 11) is 0. The Hall–Kier alpha value is -0.440. The van der Waals surface area contributed by atoms with Crippen LogP contribution < -0.4 is 0 Å². The van der Waals surface area contributed by atoms with Crippen molar-refractivity contribution in [3.63, 3.8) is 0 Å². The molecule has 2 heterocycles. The molecule has 0 bridgehead atoms. The van der Waals surface area contributed by atoms with Crippen LogP contribution in [0.4, 0.5) is 0 Å². The maximum absolute atomic E-state index is 9.12. The first-order valence-corrected chi connectivity index (χ1v) is 6.53. The summed E-state index contributed by atoms with van der Waals surface area (Å²) in [6, 6.07) is 0. The second kappa shape index (κ2) is 8.42. The molecule has 11 nitrogen and oxygen atoms in total. The van der Waals surface area contributed by atoms with Gasteiger partial charge in [0.15, 0.2) is 12.6 Å². The fourth-order valence-corrected chi connectivity index (χ4v) is 1.87. The van der Waals surface area contributed by atoms with Gasteiger partial charge in [-0.15, -0.1) is 0 Å². The van der Waals surface area contributed by atoms with Crippen molar-refractivity contribution < 1.29 is 55.4 Å². The molecule has 2 fully saturated rings. The van der Waals surface area contributed by atoms with E-state index in [2.05, 4.69) is 9.47 Å². The molecule has 0 aromatic heterocycles. The van der Waals surface area contributed by atoms with Crippen molar-refractivity contribution in [1.82, 2.24) is 0 Å². The van der Waals surface area contributed by atoms with E-state index in [-0.39, 0.29) is 6.61 Å². The van der Waals surface area contributed by atoms with E-state index in [1.165, 1.54) is 0 Å². The van der Waals surface area contributed by atoms with Gasteiger partial charge >= 0.3 is 0 Å². The molecule has 0 radical (unpaired) electrons. The second-order valence-corrected chi connectivity index (χ2v) is 4.99. The van der Waals surface area contributed by atoms with Crippen LogP contribution in [0.15, 0.2) is 0 Å². The van der Waals surface area contributed by atoms with Crippen LogP contribution in [0.3, 0.4) is 0 Å². The van der Waals surface area contributed by atoms with Gasteiger partial charge < -0.3 is 55.4 Å². The number of ether oxygens (including phenoxy) is 2. The maximum atomic E-state index is 9.12. The first kappa shape index (κ1) is 19.6. The predicted octanol–water partition coefficient (Wildman–Crippen LogP) is -5.80. The maximum Gasteiger partial charge on any atom is 0.184 e. The summed E-state index contributed by atoms with van der Waals surface area (Å²) in [6.07, 6.45) is -12.3. The van der Waals surface area contributed by atoms with Crippen molar-refractivity contribution in [2.24, 2.45) is 0 Å². The zero-order valence-corrected chi connectivity index (χ0v) is 11.5. The van der Waals surface area contributed by atoms with Gasteiger partial charge in [-0.25, -0.2) is 0 Å². The average Bonchev–Trinajstić information content (AvgIpc) is 2.51. The molecule has 22 heavy (non-hydrogen) atoms. The lowest BCUT2D eigenvalue weighted by atomic mass is 10.00. The van der Waals surface area contributed by atoms with E-state index in [0.717, 1.165) is 0 Å². The lowest BCUT2D eigenvalue weighted by molar-refractivity contribution is -0.286. The van der Waals surface area contributed by atoms with E-state index in [9.17, 15) is 0 Å². The Morgan fingerprint density at radius 2 is 1.23 bits per heavy atom. The molecule has 0 aliphatic carbocycles. The van der Waals surface area contributed by atoms with E-state index in [1.54, 1.807) is 0 Å². The van der Waals surface area contributed by atoms with E-state index in [1.807, 2.05) is 0 Å². The summed E-state index contributed by atoms with van der Waals surface area (Å²) in [5, 5.41) is 79.9. The molecular formula is C11H22O11. The standard InChI is InChI=1S/C6H12O6.C5H10O5/c7-1-2-3(8)4(9)5(10)6(11)12-2;6-2-1-10-5(9)4(8)3(2)7/h2-11H,1H2;2-9H,1H2/t2-,3+,4+,5-,6+;2-,3+,4-,5?/m11/s1. The fraction of sp³-hybridized carbons (Fsp3) is 1.00. The molecular weight excluding hydrogens is 308 g/mol. The van der Waals surface area contributed by atoms with E-state index >= 15 is 0 Å². The number of aliphatic hydroxyl groups is 9. The van der Waals surface area contributed by atoms with Crippen LogP contribution in [0.1, 0.15) is 0 Å². The smallest absolute Gasteiger partial charge is 0.184 e. The van der Waals surface area contributed by atoms with E-state index in [4.69, 9.17) is 46.0 Å². The third-order valence-electron chi connectivity index (χ3n) is 3.34. The highest BCUT2D eigenvalue weighted by Gasteiger charge is 2.42. The molecule has 2 aliphatic rings. The summed E-state index contributed by atoms with van der Waals surface area (Å²) in [5.41, 5.74) is 0. The van der Waals surface area contributed by atoms with Crippen LogP contribution in [0.5, 0.6) is 0 Å². The van der Waals surface area contributed by atoms with Crippen LogP contribution in [0, 0.1) is 0 Å². The van der Waals surface area contributed by atoms with Gasteiger partial charge in [-0.2, -0.15) is 0 Å². The van der Waals surface area contributed by atoms with E-state index in [0.29, 0.717) is 0 Å². The molecule has 0 amide bonds. The lowest BCUT2D eigenvalue weighted by Gasteiger charge is -2.37. The van der Waals surface area contributed by atoms with Crippen molar-refractivity contribution in [2.45, 2.75) is 55.3 Å². The van der Waals surface area contributed by atoms with Gasteiger partial charge in [0, 0.05) is 0 Å². The second-order valence-electron chi connectivity index (χ2n) is 4.99. The van der Waals surface area contributed by atoms with Crippen LogP contribution >= 0.6 is 0 Å². The van der Waals surface area contributed by atoms with Gasteiger partial charge in [0.25, 0.3) is 0 Å². The van der Waals surface area contributed by atoms with E-state index < -0.39 is 61.9 Å². The highest BCUT2D eigenvalue weighted by molar-refractivity contribution is 4.88. The fourth-order valence-electron chi connectivity index (χ4n) is 1.87. The van der Waals surface area contributed by atoms with Gasteiger partial charge in [0.05, 0.1) is 13.2 Å². The molecule has 0 saturated carbocycles. The number of aliphatic hydroxyl groups excluding tert-OH is 9. The van der Waals surface area contributed by atoms with Gasteiger partial charge in [-0.1, -0.05) is 0 Å². The average molecular weight is 330 g/mol. The van der Waals surface area contributed by atoms with Gasteiger partial charge in [-0.05, 0) is 0 Å². The van der Waals surface area contributed by atoms with Crippen molar-refractivity contribution >= 4 is 0 Å². The first-order valence-electron chi connectivity index (χ1n) is 6.53. The Morgan fingerprint density at radius 1 is 0.682 bits per heavy atom. The minimum absolute atomic E-state index is 0.153. The largest absolute Gasteiger partial charge is 0.394 e. The monoisotopic (exact) mass is 330 g/mol. The van der Waals surface area contributed by atoms with Crippen LogP contribution in [0.2, 0.25) is 0 Å². The molecule has 0 aromatic carbocycles. The Morgan fingerprint density at radius 3 is 1.73 bits per heavy atom. The number of hydrogen-bond acceptors (Lipinski definition) is 11. The van der Waals surface area contributed by atoms with Gasteiger partial charge in [-0.3, -0.25) is 0 Å². The van der Waals surface area contributed by atoms with Crippen molar-refractivity contribution in [3.05, 3.63) is 0 Å². The zero-order chi connectivity index (χ0) is 17.0. The highest BCUT2D eigenvalue weighted by Crippen LogP contribution is 2.19. The lowest BCUT2D eigenvalue weighted by Crippen LogP contribution is -2.58. The quantitative estimate of drug-likeness (QED) is 0.222. The molecule has 9 N–H and O–H groups in total. The molecule has 2 saturated heterocycles. The Bertz CT molecular complexity index is 310. The highest BCUT2D eigenvalue weighted by atomic mass is 16.6. The molecule has 1 unspecified atom stereocenters. The molecule has 0 spiro atoms. The minimum Gasteiger partial charge on any atom is -0.394 e. The predicted molar refractivity (Wildman–Crippen MR) is 66.0 cm³/mol. The van der Waals surface area contributed by atoms with Crippen molar-refractivity contribution in [2.75, 3.05) is 13.2 Å². The van der Waals surface area contributed by atoms with Gasteiger partial charge in [0.2, 0.25) is 0 Å². The van der Waals surface area contributed by atoms with Crippen LogP contribution in [-0.2, 0) is 9.47 Å². The van der Waals surface area contributed by atoms with Gasteiger partial charge in [0.1, 0.15) is 42.7 Å².